The highest BCUT2D eigenvalue weighted by atomic mass is 32.1. The summed E-state index contributed by atoms with van der Waals surface area (Å²) in [6.07, 6.45) is 4.18. The van der Waals surface area contributed by atoms with Crippen LogP contribution in [0.25, 0.3) is 10.2 Å². The van der Waals surface area contributed by atoms with Crippen molar-refractivity contribution in [2.45, 2.75) is 19.9 Å². The van der Waals surface area contributed by atoms with Crippen LogP contribution in [0.5, 0.6) is 0 Å². The van der Waals surface area contributed by atoms with Crippen LogP contribution in [-0.4, -0.2) is 15.9 Å². The number of pyridine rings is 1. The van der Waals surface area contributed by atoms with Crippen molar-refractivity contribution in [2.75, 3.05) is 4.90 Å². The summed E-state index contributed by atoms with van der Waals surface area (Å²) in [6, 6.07) is 15.2. The Labute approximate surface area is 154 Å². The molecular formula is C20H17N3O2S. The Hall–Kier alpha value is -2.99. The molecule has 4 aromatic rings. The van der Waals surface area contributed by atoms with Crippen molar-refractivity contribution in [2.24, 2.45) is 0 Å². The van der Waals surface area contributed by atoms with Gasteiger partial charge in [0, 0.05) is 6.20 Å². The molecule has 1 aromatic carbocycles. The number of anilines is 1. The predicted molar refractivity (Wildman–Crippen MR) is 102 cm³/mol. The lowest BCUT2D eigenvalue weighted by atomic mass is 10.2. The van der Waals surface area contributed by atoms with E-state index in [2.05, 4.69) is 29.0 Å². The van der Waals surface area contributed by atoms with Gasteiger partial charge < -0.3 is 4.42 Å². The first kappa shape index (κ1) is 16.5. The molecule has 4 rings (SSSR count). The Morgan fingerprint density at radius 2 is 2.12 bits per heavy atom. The number of carbonyl (C=O) groups is 1. The monoisotopic (exact) mass is 363 g/mol. The van der Waals surface area contributed by atoms with Crippen molar-refractivity contribution in [3.8, 4) is 0 Å². The second kappa shape index (κ2) is 7.09. The first-order valence-corrected chi connectivity index (χ1v) is 9.21. The molecule has 0 N–H and O–H groups in total. The summed E-state index contributed by atoms with van der Waals surface area (Å²) < 4.78 is 6.38. The molecule has 0 aliphatic rings. The number of nitrogens with zero attached hydrogens (tertiary/aromatic N) is 3. The summed E-state index contributed by atoms with van der Waals surface area (Å²) in [7, 11) is 0. The SMILES string of the molecule is CCc1ccc2nc(N(Cc3ccccn3)C(=O)c3ccco3)sc2c1. The van der Waals surface area contributed by atoms with E-state index in [4.69, 9.17) is 4.42 Å². The molecule has 0 fully saturated rings. The molecule has 0 aliphatic carbocycles. The average Bonchev–Trinajstić information content (AvgIpc) is 3.35. The van der Waals surface area contributed by atoms with Gasteiger partial charge in [-0.05, 0) is 48.4 Å². The van der Waals surface area contributed by atoms with Crippen LogP contribution in [0, 0.1) is 0 Å². The third kappa shape index (κ3) is 3.23. The van der Waals surface area contributed by atoms with E-state index in [1.807, 2.05) is 24.3 Å². The first-order chi connectivity index (χ1) is 12.7. The summed E-state index contributed by atoms with van der Waals surface area (Å²) in [5.74, 6) is 0.0601. The molecular weight excluding hydrogens is 346 g/mol. The molecule has 6 heteroatoms. The number of hydrogen-bond acceptors (Lipinski definition) is 5. The Kier molecular flexibility index (Phi) is 4.50. The first-order valence-electron chi connectivity index (χ1n) is 8.39. The van der Waals surface area contributed by atoms with Gasteiger partial charge in [0.15, 0.2) is 10.9 Å². The maximum Gasteiger partial charge on any atom is 0.296 e. The van der Waals surface area contributed by atoms with E-state index in [9.17, 15) is 4.79 Å². The summed E-state index contributed by atoms with van der Waals surface area (Å²) >= 11 is 1.50. The van der Waals surface area contributed by atoms with Gasteiger partial charge in [-0.25, -0.2) is 4.98 Å². The van der Waals surface area contributed by atoms with Gasteiger partial charge in [-0.3, -0.25) is 14.7 Å². The maximum atomic E-state index is 13.0. The van der Waals surface area contributed by atoms with E-state index in [0.29, 0.717) is 11.7 Å². The number of hydrogen-bond donors (Lipinski definition) is 0. The summed E-state index contributed by atoms with van der Waals surface area (Å²) in [5.41, 5.74) is 2.93. The van der Waals surface area contributed by atoms with Gasteiger partial charge >= 0.3 is 0 Å². The molecule has 0 saturated heterocycles. The average molecular weight is 363 g/mol. The number of aromatic nitrogens is 2. The van der Waals surface area contributed by atoms with Crippen LogP contribution in [0.3, 0.4) is 0 Å². The van der Waals surface area contributed by atoms with Crippen LogP contribution >= 0.6 is 11.3 Å². The number of carbonyl (C=O) groups excluding carboxylic acids is 1. The fourth-order valence-corrected chi connectivity index (χ4v) is 3.73. The Morgan fingerprint density at radius 1 is 1.19 bits per heavy atom. The Balaban J connectivity index is 1.75. The van der Waals surface area contributed by atoms with Crippen molar-refractivity contribution < 1.29 is 9.21 Å². The zero-order chi connectivity index (χ0) is 17.9. The van der Waals surface area contributed by atoms with Crippen molar-refractivity contribution in [3.63, 3.8) is 0 Å². The van der Waals surface area contributed by atoms with Gasteiger partial charge in [0.25, 0.3) is 5.91 Å². The zero-order valence-corrected chi connectivity index (χ0v) is 15.1. The van der Waals surface area contributed by atoms with Crippen molar-refractivity contribution >= 4 is 32.6 Å². The molecule has 0 radical (unpaired) electrons. The van der Waals surface area contributed by atoms with E-state index in [-0.39, 0.29) is 11.7 Å². The van der Waals surface area contributed by atoms with Gasteiger partial charge in [-0.15, -0.1) is 0 Å². The van der Waals surface area contributed by atoms with Crippen LogP contribution < -0.4 is 4.90 Å². The molecule has 0 spiro atoms. The number of benzene rings is 1. The number of thiazole rings is 1. The highest BCUT2D eigenvalue weighted by Gasteiger charge is 2.24. The van der Waals surface area contributed by atoms with Crippen LogP contribution in [-0.2, 0) is 13.0 Å². The maximum absolute atomic E-state index is 13.0. The van der Waals surface area contributed by atoms with Crippen molar-refractivity contribution in [3.05, 3.63) is 78.0 Å². The van der Waals surface area contributed by atoms with Crippen LogP contribution in [0.15, 0.2) is 65.4 Å². The standard InChI is InChI=1S/C20H17N3O2S/c1-2-14-8-9-16-18(12-14)26-20(22-16)23(13-15-6-3-4-10-21-15)19(24)17-7-5-11-25-17/h3-12H,2,13H2,1H3. The smallest absolute Gasteiger partial charge is 0.296 e. The number of rotatable bonds is 5. The molecule has 1 amide bonds. The summed E-state index contributed by atoms with van der Waals surface area (Å²) in [4.78, 5) is 23.6. The van der Waals surface area contributed by atoms with E-state index >= 15 is 0 Å². The molecule has 26 heavy (non-hydrogen) atoms. The quantitative estimate of drug-likeness (QED) is 0.516. The van der Waals surface area contributed by atoms with Crippen LogP contribution in [0.4, 0.5) is 5.13 Å². The second-order valence-electron chi connectivity index (χ2n) is 5.84. The predicted octanol–water partition coefficient (Wildman–Crippen LogP) is 4.69. The zero-order valence-electron chi connectivity index (χ0n) is 14.3. The molecule has 5 nitrogen and oxygen atoms in total. The number of furan rings is 1. The fraction of sp³-hybridized carbons (Fsp3) is 0.150. The molecule has 130 valence electrons. The van der Waals surface area contributed by atoms with Gasteiger partial charge in [-0.1, -0.05) is 30.4 Å². The Morgan fingerprint density at radius 3 is 2.85 bits per heavy atom. The third-order valence-electron chi connectivity index (χ3n) is 4.10. The lowest BCUT2D eigenvalue weighted by Crippen LogP contribution is -2.30. The summed E-state index contributed by atoms with van der Waals surface area (Å²) in [5, 5.41) is 0.639. The normalized spacial score (nSPS) is 11.0. The highest BCUT2D eigenvalue weighted by Crippen LogP contribution is 2.31. The minimum absolute atomic E-state index is 0.226. The molecule has 3 heterocycles. The van der Waals surface area contributed by atoms with E-state index in [1.54, 1.807) is 23.2 Å². The lowest BCUT2D eigenvalue weighted by Gasteiger charge is -2.18. The molecule has 0 saturated carbocycles. The summed E-state index contributed by atoms with van der Waals surface area (Å²) in [6.45, 7) is 2.46. The molecule has 3 aromatic heterocycles. The van der Waals surface area contributed by atoms with Gasteiger partial charge in [0.05, 0.1) is 28.7 Å². The van der Waals surface area contributed by atoms with Gasteiger partial charge in [-0.2, -0.15) is 0 Å². The lowest BCUT2D eigenvalue weighted by molar-refractivity contribution is 0.0958. The van der Waals surface area contributed by atoms with E-state index in [0.717, 1.165) is 22.3 Å². The molecule has 0 aliphatic heterocycles. The number of aryl methyl sites for hydroxylation is 1. The molecule has 0 bridgehead atoms. The Bertz CT molecular complexity index is 1030. The largest absolute Gasteiger partial charge is 0.459 e. The second-order valence-corrected chi connectivity index (χ2v) is 6.85. The fourth-order valence-electron chi connectivity index (χ4n) is 2.71. The molecule has 0 unspecified atom stereocenters. The van der Waals surface area contributed by atoms with Crippen molar-refractivity contribution in [1.29, 1.82) is 0 Å². The minimum Gasteiger partial charge on any atom is -0.459 e. The van der Waals surface area contributed by atoms with Crippen LogP contribution in [0.2, 0.25) is 0 Å². The molecule has 0 atom stereocenters. The van der Waals surface area contributed by atoms with Crippen LogP contribution in [0.1, 0.15) is 28.7 Å². The topological polar surface area (TPSA) is 59.2 Å². The number of fused-ring (bicyclic) bond motifs is 1. The third-order valence-corrected chi connectivity index (χ3v) is 5.15. The van der Waals surface area contributed by atoms with Crippen molar-refractivity contribution in [1.82, 2.24) is 9.97 Å². The number of amides is 1. The van der Waals surface area contributed by atoms with E-state index < -0.39 is 0 Å². The minimum atomic E-state index is -0.226. The van der Waals surface area contributed by atoms with Gasteiger partial charge in [0.1, 0.15) is 0 Å². The van der Waals surface area contributed by atoms with E-state index in [1.165, 1.54) is 23.2 Å². The van der Waals surface area contributed by atoms with Gasteiger partial charge in [0.2, 0.25) is 0 Å². The highest BCUT2D eigenvalue weighted by molar-refractivity contribution is 7.22.